The van der Waals surface area contributed by atoms with E-state index in [1.54, 1.807) is 42.5 Å². The Morgan fingerprint density at radius 2 is 1.24 bits per heavy atom. The SMILES string of the molecule is O=S(=O)(Oc1ccc(-n2c3ccccc3c3ccccc32)cc1-c1ccccc1)C(F)(F)F. The van der Waals surface area contributed by atoms with Crippen molar-refractivity contribution in [2.45, 2.75) is 5.51 Å². The molecule has 0 fully saturated rings. The molecule has 0 radical (unpaired) electrons. The zero-order valence-corrected chi connectivity index (χ0v) is 17.8. The van der Waals surface area contributed by atoms with Gasteiger partial charge in [-0.15, -0.1) is 0 Å². The van der Waals surface area contributed by atoms with Crippen molar-refractivity contribution in [3.05, 3.63) is 97.1 Å². The van der Waals surface area contributed by atoms with Gasteiger partial charge >= 0.3 is 15.6 Å². The van der Waals surface area contributed by atoms with Crippen LogP contribution in [0.4, 0.5) is 13.2 Å². The summed E-state index contributed by atoms with van der Waals surface area (Å²) >= 11 is 0. The monoisotopic (exact) mass is 467 g/mol. The first-order valence-corrected chi connectivity index (χ1v) is 11.4. The predicted octanol–water partition coefficient (Wildman–Crippen LogP) is 6.68. The molecule has 4 aromatic carbocycles. The summed E-state index contributed by atoms with van der Waals surface area (Å²) in [5.74, 6) is -0.400. The Hall–Kier alpha value is -3.78. The van der Waals surface area contributed by atoms with E-state index < -0.39 is 21.4 Å². The van der Waals surface area contributed by atoms with E-state index in [-0.39, 0.29) is 5.56 Å². The number of alkyl halides is 3. The lowest BCUT2D eigenvalue weighted by Gasteiger charge is -2.16. The van der Waals surface area contributed by atoms with Crippen molar-refractivity contribution >= 4 is 31.9 Å². The van der Waals surface area contributed by atoms with Crippen molar-refractivity contribution in [1.29, 1.82) is 0 Å². The predicted molar refractivity (Wildman–Crippen MR) is 122 cm³/mol. The van der Waals surface area contributed by atoms with Crippen LogP contribution in [-0.2, 0) is 10.1 Å². The maximum atomic E-state index is 13.0. The zero-order chi connectivity index (χ0) is 23.2. The molecular formula is C25H16F3NO3S. The molecule has 0 unspecified atom stereocenters. The highest BCUT2D eigenvalue weighted by Crippen LogP contribution is 2.38. The van der Waals surface area contributed by atoms with Crippen molar-refractivity contribution in [3.63, 3.8) is 0 Å². The van der Waals surface area contributed by atoms with Gasteiger partial charge in [-0.25, -0.2) is 0 Å². The highest BCUT2D eigenvalue weighted by atomic mass is 32.2. The molecule has 0 bridgehead atoms. The van der Waals surface area contributed by atoms with E-state index in [1.807, 2.05) is 53.1 Å². The first kappa shape index (κ1) is 21.1. The minimum atomic E-state index is -5.82. The van der Waals surface area contributed by atoms with Crippen LogP contribution in [0.3, 0.4) is 0 Å². The maximum Gasteiger partial charge on any atom is 0.534 e. The third-order valence-electron chi connectivity index (χ3n) is 5.37. The average Bonchev–Trinajstić information content (AvgIpc) is 3.14. The second-order valence-electron chi connectivity index (χ2n) is 7.40. The van der Waals surface area contributed by atoms with Crippen LogP contribution in [0.25, 0.3) is 38.6 Å². The fraction of sp³-hybridized carbons (Fsp3) is 0.0400. The molecule has 0 aliphatic carbocycles. The van der Waals surface area contributed by atoms with Gasteiger partial charge in [0.15, 0.2) is 5.75 Å². The summed E-state index contributed by atoms with van der Waals surface area (Å²) in [6.45, 7) is 0. The van der Waals surface area contributed by atoms with Crippen LogP contribution in [0.1, 0.15) is 0 Å². The molecule has 8 heteroatoms. The quantitative estimate of drug-likeness (QED) is 0.219. The topological polar surface area (TPSA) is 48.3 Å². The molecule has 166 valence electrons. The maximum absolute atomic E-state index is 13.0. The van der Waals surface area contributed by atoms with E-state index in [4.69, 9.17) is 0 Å². The zero-order valence-electron chi connectivity index (χ0n) is 17.0. The third kappa shape index (κ3) is 3.62. The molecule has 0 N–H and O–H groups in total. The molecule has 5 aromatic rings. The second-order valence-corrected chi connectivity index (χ2v) is 8.94. The van der Waals surface area contributed by atoms with E-state index in [0.717, 1.165) is 21.8 Å². The molecule has 0 amide bonds. The minimum Gasteiger partial charge on any atom is -0.375 e. The molecule has 0 spiro atoms. The fourth-order valence-corrected chi connectivity index (χ4v) is 4.42. The largest absolute Gasteiger partial charge is 0.534 e. The third-order valence-corrected chi connectivity index (χ3v) is 6.34. The van der Waals surface area contributed by atoms with E-state index in [2.05, 4.69) is 4.18 Å². The van der Waals surface area contributed by atoms with E-state index in [0.29, 0.717) is 11.3 Å². The summed E-state index contributed by atoms with van der Waals surface area (Å²) in [5, 5.41) is 2.05. The number of hydrogen-bond donors (Lipinski definition) is 0. The first-order valence-electron chi connectivity index (χ1n) is 9.95. The first-order chi connectivity index (χ1) is 15.8. The Labute approximate surface area is 187 Å². The smallest absolute Gasteiger partial charge is 0.375 e. The lowest BCUT2D eigenvalue weighted by atomic mass is 10.0. The molecule has 0 aliphatic rings. The van der Waals surface area contributed by atoms with Crippen molar-refractivity contribution in [2.75, 3.05) is 0 Å². The Morgan fingerprint density at radius 1 is 0.697 bits per heavy atom. The molecule has 0 aliphatic heterocycles. The van der Waals surface area contributed by atoms with Gasteiger partial charge in [-0.2, -0.15) is 21.6 Å². The van der Waals surface area contributed by atoms with Gasteiger partial charge in [-0.05, 0) is 35.9 Å². The number of aromatic nitrogens is 1. The molecule has 4 nitrogen and oxygen atoms in total. The summed E-state index contributed by atoms with van der Waals surface area (Å²) in [6, 6.07) is 28.6. The second kappa shape index (κ2) is 7.67. The van der Waals surface area contributed by atoms with Crippen molar-refractivity contribution in [3.8, 4) is 22.6 Å². The molecule has 33 heavy (non-hydrogen) atoms. The highest BCUT2D eigenvalue weighted by Gasteiger charge is 2.48. The molecule has 5 rings (SSSR count). The molecule has 1 heterocycles. The Bertz CT molecular complexity index is 1540. The van der Waals surface area contributed by atoms with Crippen molar-refractivity contribution in [2.24, 2.45) is 0 Å². The van der Waals surface area contributed by atoms with Crippen LogP contribution in [-0.4, -0.2) is 18.5 Å². The summed E-state index contributed by atoms with van der Waals surface area (Å²) < 4.78 is 68.9. The van der Waals surface area contributed by atoms with Crippen LogP contribution < -0.4 is 4.18 Å². The van der Waals surface area contributed by atoms with Gasteiger partial charge in [0, 0.05) is 22.0 Å². The highest BCUT2D eigenvalue weighted by molar-refractivity contribution is 7.88. The van der Waals surface area contributed by atoms with Crippen LogP contribution >= 0.6 is 0 Å². The van der Waals surface area contributed by atoms with Gasteiger partial charge in [-0.1, -0.05) is 66.7 Å². The summed E-state index contributed by atoms with van der Waals surface area (Å²) in [4.78, 5) is 0. The van der Waals surface area contributed by atoms with Crippen LogP contribution in [0, 0.1) is 0 Å². The lowest BCUT2D eigenvalue weighted by Crippen LogP contribution is -2.28. The van der Waals surface area contributed by atoms with Crippen molar-refractivity contribution in [1.82, 2.24) is 4.57 Å². The van der Waals surface area contributed by atoms with Crippen molar-refractivity contribution < 1.29 is 25.8 Å². The van der Waals surface area contributed by atoms with Gasteiger partial charge in [0.2, 0.25) is 0 Å². The van der Waals surface area contributed by atoms with E-state index in [1.165, 1.54) is 6.07 Å². The number of hydrogen-bond acceptors (Lipinski definition) is 3. The normalized spacial score (nSPS) is 12.3. The molecular weight excluding hydrogens is 451 g/mol. The number of rotatable bonds is 4. The number of benzene rings is 4. The van der Waals surface area contributed by atoms with E-state index >= 15 is 0 Å². The van der Waals surface area contributed by atoms with E-state index in [9.17, 15) is 21.6 Å². The van der Waals surface area contributed by atoms with Crippen LogP contribution in [0.2, 0.25) is 0 Å². The van der Waals surface area contributed by atoms with Crippen LogP contribution in [0.15, 0.2) is 97.1 Å². The Kier molecular flexibility index (Phi) is 4.90. The van der Waals surface area contributed by atoms with Gasteiger partial charge in [0.1, 0.15) is 0 Å². The number of halogens is 3. The van der Waals surface area contributed by atoms with Gasteiger partial charge in [0.25, 0.3) is 0 Å². The Morgan fingerprint density at radius 3 is 1.82 bits per heavy atom. The number of para-hydroxylation sites is 2. The van der Waals surface area contributed by atoms with Crippen LogP contribution in [0.5, 0.6) is 5.75 Å². The molecule has 0 saturated carbocycles. The number of nitrogens with zero attached hydrogens (tertiary/aromatic N) is 1. The summed E-state index contributed by atoms with van der Waals surface area (Å²) in [5.41, 5.74) is -2.31. The molecule has 1 aromatic heterocycles. The fourth-order valence-electron chi connectivity index (χ4n) is 3.94. The van der Waals surface area contributed by atoms with Gasteiger partial charge < -0.3 is 8.75 Å². The standard InChI is InChI=1S/C25H16F3NO3S/c26-25(27,28)33(30,31)32-24-15-14-18(16-21(24)17-8-2-1-3-9-17)29-22-12-6-4-10-19(22)20-11-5-7-13-23(20)29/h1-16H. The molecule has 0 atom stereocenters. The number of fused-ring (bicyclic) bond motifs is 3. The lowest BCUT2D eigenvalue weighted by molar-refractivity contribution is -0.0499. The minimum absolute atomic E-state index is 0.225. The molecule has 0 saturated heterocycles. The van der Waals surface area contributed by atoms with Gasteiger partial charge in [-0.3, -0.25) is 0 Å². The average molecular weight is 467 g/mol. The summed E-state index contributed by atoms with van der Waals surface area (Å²) in [6.07, 6.45) is 0. The Balaban J connectivity index is 1.76. The van der Waals surface area contributed by atoms with Gasteiger partial charge in [0.05, 0.1) is 11.0 Å². The summed E-state index contributed by atoms with van der Waals surface area (Å²) in [7, 11) is -5.82.